The highest BCUT2D eigenvalue weighted by Gasteiger charge is 2.14. The Labute approximate surface area is 149 Å². The average Bonchev–Trinajstić information content (AvgIpc) is 2.60. The van der Waals surface area contributed by atoms with E-state index in [4.69, 9.17) is 20.8 Å². The van der Waals surface area contributed by atoms with Crippen molar-refractivity contribution in [3.63, 3.8) is 0 Å². The van der Waals surface area contributed by atoms with E-state index in [-0.39, 0.29) is 18.0 Å². The molecule has 0 radical (unpaired) electrons. The number of carbonyl (C=O) groups is 1. The minimum Gasteiger partial charge on any atom is -0.494 e. The Morgan fingerprint density at radius 1 is 1.20 bits per heavy atom. The molecule has 0 spiro atoms. The van der Waals surface area contributed by atoms with Gasteiger partial charge in [0, 0.05) is 29.1 Å². The number of fused-ring (bicyclic) bond motifs is 1. The Morgan fingerprint density at radius 2 is 2.00 bits per heavy atom. The Morgan fingerprint density at radius 3 is 2.76 bits per heavy atom. The smallest absolute Gasteiger partial charge is 0.337 e. The van der Waals surface area contributed by atoms with Gasteiger partial charge in [0.15, 0.2) is 0 Å². The van der Waals surface area contributed by atoms with Gasteiger partial charge in [0.25, 0.3) is 5.91 Å². The molecule has 1 amide bonds. The first-order chi connectivity index (χ1) is 12.1. The molecule has 1 N–H and O–H groups in total. The van der Waals surface area contributed by atoms with E-state index in [1.807, 2.05) is 25.1 Å². The average molecular weight is 358 g/mol. The molecule has 3 rings (SSSR count). The van der Waals surface area contributed by atoms with Gasteiger partial charge in [-0.3, -0.25) is 4.79 Å². The molecule has 128 valence electrons. The minimum absolute atomic E-state index is 0.251. The normalized spacial score (nSPS) is 10.6. The summed E-state index contributed by atoms with van der Waals surface area (Å²) >= 11 is 6.09. The van der Waals surface area contributed by atoms with Gasteiger partial charge in [0.1, 0.15) is 11.3 Å². The van der Waals surface area contributed by atoms with E-state index in [0.29, 0.717) is 28.3 Å². The van der Waals surface area contributed by atoms with Crippen molar-refractivity contribution in [3.8, 4) is 5.75 Å². The van der Waals surface area contributed by atoms with Crippen LogP contribution in [0.5, 0.6) is 5.75 Å². The van der Waals surface area contributed by atoms with Crippen LogP contribution in [-0.2, 0) is 6.54 Å². The monoisotopic (exact) mass is 357 g/mol. The summed E-state index contributed by atoms with van der Waals surface area (Å²) in [7, 11) is 0. The van der Waals surface area contributed by atoms with Gasteiger partial charge >= 0.3 is 5.63 Å². The molecule has 1 heterocycles. The molecule has 2 aromatic carbocycles. The number of rotatable bonds is 5. The van der Waals surface area contributed by atoms with Crippen molar-refractivity contribution in [2.45, 2.75) is 13.5 Å². The van der Waals surface area contributed by atoms with Crippen molar-refractivity contribution in [1.82, 2.24) is 5.32 Å². The Balaban J connectivity index is 1.90. The first-order valence-corrected chi connectivity index (χ1v) is 8.18. The number of hydrogen-bond acceptors (Lipinski definition) is 4. The van der Waals surface area contributed by atoms with Gasteiger partial charge in [-0.05, 0) is 30.7 Å². The number of amides is 1. The maximum atomic E-state index is 12.5. The van der Waals surface area contributed by atoms with Crippen LogP contribution in [0.3, 0.4) is 0 Å². The molecule has 0 atom stereocenters. The highest BCUT2D eigenvalue weighted by Crippen LogP contribution is 2.23. The number of benzene rings is 2. The molecular weight excluding hydrogens is 342 g/mol. The van der Waals surface area contributed by atoms with Crippen molar-refractivity contribution in [2.75, 3.05) is 6.61 Å². The van der Waals surface area contributed by atoms with Crippen molar-refractivity contribution in [3.05, 3.63) is 75.1 Å². The van der Waals surface area contributed by atoms with Gasteiger partial charge in [-0.2, -0.15) is 0 Å². The summed E-state index contributed by atoms with van der Waals surface area (Å²) in [6, 6.07) is 13.5. The molecule has 0 bridgehead atoms. The fourth-order valence-corrected chi connectivity index (χ4v) is 2.70. The highest BCUT2D eigenvalue weighted by atomic mass is 35.5. The third-order valence-corrected chi connectivity index (χ3v) is 4.04. The predicted octanol–water partition coefficient (Wildman–Crippen LogP) is 3.78. The molecule has 5 nitrogen and oxygen atoms in total. The molecule has 25 heavy (non-hydrogen) atoms. The maximum absolute atomic E-state index is 12.5. The quantitative estimate of drug-likeness (QED) is 0.706. The SMILES string of the molecule is CCOc1ccc2c(C(=O)NCc3ccccc3Cl)cc(=O)oc2c1. The summed E-state index contributed by atoms with van der Waals surface area (Å²) in [4.78, 5) is 24.3. The lowest BCUT2D eigenvalue weighted by atomic mass is 10.1. The van der Waals surface area contributed by atoms with E-state index >= 15 is 0 Å². The molecule has 0 fully saturated rings. The summed E-state index contributed by atoms with van der Waals surface area (Å²) < 4.78 is 10.6. The first kappa shape index (κ1) is 17.0. The summed E-state index contributed by atoms with van der Waals surface area (Å²) in [6.07, 6.45) is 0. The van der Waals surface area contributed by atoms with E-state index in [0.717, 1.165) is 5.56 Å². The number of nitrogens with one attached hydrogen (secondary N) is 1. The largest absolute Gasteiger partial charge is 0.494 e. The Hall–Kier alpha value is -2.79. The Bertz CT molecular complexity index is 981. The van der Waals surface area contributed by atoms with Gasteiger partial charge < -0.3 is 14.5 Å². The van der Waals surface area contributed by atoms with Crippen molar-refractivity contribution >= 4 is 28.5 Å². The molecule has 6 heteroatoms. The maximum Gasteiger partial charge on any atom is 0.337 e. The molecule has 0 saturated heterocycles. The summed E-state index contributed by atoms with van der Waals surface area (Å²) in [5, 5.41) is 3.89. The van der Waals surface area contributed by atoms with E-state index in [2.05, 4.69) is 5.32 Å². The van der Waals surface area contributed by atoms with Crippen LogP contribution in [0.2, 0.25) is 5.02 Å². The fourth-order valence-electron chi connectivity index (χ4n) is 2.50. The van der Waals surface area contributed by atoms with Crippen LogP contribution in [0.4, 0.5) is 0 Å². The first-order valence-electron chi connectivity index (χ1n) is 7.81. The number of ether oxygens (including phenoxy) is 1. The van der Waals surface area contributed by atoms with Crippen LogP contribution < -0.4 is 15.7 Å². The van der Waals surface area contributed by atoms with Crippen LogP contribution in [0.25, 0.3) is 11.0 Å². The van der Waals surface area contributed by atoms with Crippen molar-refractivity contribution in [1.29, 1.82) is 0 Å². The predicted molar refractivity (Wildman–Crippen MR) is 96.3 cm³/mol. The summed E-state index contributed by atoms with van der Waals surface area (Å²) in [5.41, 5.74) is 0.759. The molecule has 0 unspecified atom stereocenters. The third kappa shape index (κ3) is 3.83. The minimum atomic E-state index is -0.593. The van der Waals surface area contributed by atoms with Crippen LogP contribution in [0.1, 0.15) is 22.8 Å². The second-order valence-corrected chi connectivity index (χ2v) is 5.75. The van der Waals surface area contributed by atoms with Crippen LogP contribution in [0.15, 0.2) is 57.7 Å². The van der Waals surface area contributed by atoms with E-state index in [1.165, 1.54) is 6.07 Å². The lowest BCUT2D eigenvalue weighted by molar-refractivity contribution is 0.0952. The van der Waals surface area contributed by atoms with Gasteiger partial charge in [-0.25, -0.2) is 4.79 Å². The van der Waals surface area contributed by atoms with Crippen LogP contribution in [0, 0.1) is 0 Å². The number of halogens is 1. The van der Waals surface area contributed by atoms with Gasteiger partial charge in [-0.15, -0.1) is 0 Å². The number of hydrogen-bond donors (Lipinski definition) is 1. The standard InChI is InChI=1S/C19H16ClNO4/c1-2-24-13-7-8-14-15(10-18(22)25-17(14)9-13)19(23)21-11-12-5-3-4-6-16(12)20/h3-10H,2,11H2,1H3,(H,21,23). The number of carbonyl (C=O) groups excluding carboxylic acids is 1. The molecule has 0 aliphatic carbocycles. The van der Waals surface area contributed by atoms with Crippen molar-refractivity contribution < 1.29 is 13.9 Å². The second-order valence-electron chi connectivity index (χ2n) is 5.34. The summed E-state index contributed by atoms with van der Waals surface area (Å²) in [6.45, 7) is 2.62. The zero-order valence-electron chi connectivity index (χ0n) is 13.5. The molecule has 1 aromatic heterocycles. The third-order valence-electron chi connectivity index (χ3n) is 3.67. The van der Waals surface area contributed by atoms with Gasteiger partial charge in [0.2, 0.25) is 0 Å². The zero-order valence-corrected chi connectivity index (χ0v) is 14.3. The zero-order chi connectivity index (χ0) is 17.8. The molecule has 0 saturated carbocycles. The molecular formula is C19H16ClNO4. The molecule has 3 aromatic rings. The lowest BCUT2D eigenvalue weighted by Crippen LogP contribution is -2.24. The lowest BCUT2D eigenvalue weighted by Gasteiger charge is -2.09. The van der Waals surface area contributed by atoms with Crippen LogP contribution >= 0.6 is 11.6 Å². The van der Waals surface area contributed by atoms with Crippen molar-refractivity contribution in [2.24, 2.45) is 0 Å². The molecule has 0 aliphatic rings. The van der Waals surface area contributed by atoms with Crippen LogP contribution in [-0.4, -0.2) is 12.5 Å². The molecule has 0 aliphatic heterocycles. The summed E-state index contributed by atoms with van der Waals surface area (Å²) in [5.74, 6) is 0.203. The highest BCUT2D eigenvalue weighted by molar-refractivity contribution is 6.31. The van der Waals surface area contributed by atoms with Gasteiger partial charge in [0.05, 0.1) is 12.2 Å². The van der Waals surface area contributed by atoms with Gasteiger partial charge in [-0.1, -0.05) is 29.8 Å². The Kier molecular flexibility index (Phi) is 5.05. The van der Waals surface area contributed by atoms with E-state index in [1.54, 1.807) is 24.3 Å². The topological polar surface area (TPSA) is 68.5 Å². The second kappa shape index (κ2) is 7.40. The van der Waals surface area contributed by atoms with E-state index < -0.39 is 5.63 Å². The fraction of sp³-hybridized carbons (Fsp3) is 0.158. The van der Waals surface area contributed by atoms with E-state index in [9.17, 15) is 9.59 Å².